The molecular weight excluding hydrogens is 364 g/mol. The Morgan fingerprint density at radius 1 is 1.17 bits per heavy atom. The van der Waals surface area contributed by atoms with E-state index in [0.29, 0.717) is 31.4 Å². The van der Waals surface area contributed by atoms with Crippen LogP contribution in [0.2, 0.25) is 0 Å². The number of para-hydroxylation sites is 1. The van der Waals surface area contributed by atoms with Crippen LogP contribution in [-0.2, 0) is 11.3 Å². The molecule has 0 saturated carbocycles. The fraction of sp³-hybridized carbons (Fsp3) is 0.458. The van der Waals surface area contributed by atoms with Crippen LogP contribution in [-0.4, -0.2) is 59.7 Å². The van der Waals surface area contributed by atoms with Crippen LogP contribution in [0.4, 0.5) is 0 Å². The second-order valence-corrected chi connectivity index (χ2v) is 8.16. The molecule has 1 heterocycles. The zero-order valence-electron chi connectivity index (χ0n) is 17.5. The van der Waals surface area contributed by atoms with E-state index in [1.807, 2.05) is 53.4 Å². The van der Waals surface area contributed by atoms with Gasteiger partial charge in [0.25, 0.3) is 5.91 Å². The second kappa shape index (κ2) is 10.4. The normalized spacial score (nSPS) is 17.4. The number of phenols is 1. The Hall–Kier alpha value is -2.37. The number of rotatable bonds is 8. The summed E-state index contributed by atoms with van der Waals surface area (Å²) in [5.74, 6) is 0.923. The average molecular weight is 397 g/mol. The fourth-order valence-electron chi connectivity index (χ4n) is 3.62. The lowest BCUT2D eigenvalue weighted by Gasteiger charge is -2.36. The largest absolute Gasteiger partial charge is 0.508 e. The third-order valence-electron chi connectivity index (χ3n) is 5.32. The number of morpholine rings is 1. The lowest BCUT2D eigenvalue weighted by Crippen LogP contribution is -2.48. The number of nitrogens with zero attached hydrogens (tertiary/aromatic N) is 2. The number of ether oxygens (including phenoxy) is 1. The van der Waals surface area contributed by atoms with Gasteiger partial charge in [-0.05, 0) is 30.5 Å². The standard InChI is InChI=1S/C24H32N2O3/c1-19(2)12-13-26(24(28)20-8-4-3-5-9-20)18-22-17-25(14-15-29-22)16-21-10-6-7-11-23(21)27/h3-11,19,22,27H,12-18H2,1-2H3/t22-/m1/s1. The molecule has 1 N–H and O–H groups in total. The summed E-state index contributed by atoms with van der Waals surface area (Å²) in [6, 6.07) is 16.9. The summed E-state index contributed by atoms with van der Waals surface area (Å²) >= 11 is 0. The van der Waals surface area contributed by atoms with E-state index in [4.69, 9.17) is 4.74 Å². The number of hydrogen-bond donors (Lipinski definition) is 1. The van der Waals surface area contributed by atoms with Crippen molar-refractivity contribution in [3.63, 3.8) is 0 Å². The molecule has 5 nitrogen and oxygen atoms in total. The van der Waals surface area contributed by atoms with Crippen LogP contribution < -0.4 is 0 Å². The van der Waals surface area contributed by atoms with Crippen molar-refractivity contribution in [3.05, 3.63) is 65.7 Å². The van der Waals surface area contributed by atoms with Crippen molar-refractivity contribution in [2.75, 3.05) is 32.8 Å². The van der Waals surface area contributed by atoms with Crippen molar-refractivity contribution in [2.45, 2.75) is 32.9 Å². The minimum atomic E-state index is -0.0329. The van der Waals surface area contributed by atoms with Crippen LogP contribution in [0.3, 0.4) is 0 Å². The molecule has 2 aromatic carbocycles. The molecule has 1 saturated heterocycles. The Bertz CT molecular complexity index is 779. The Balaban J connectivity index is 1.64. The zero-order chi connectivity index (χ0) is 20.6. The number of amides is 1. The van der Waals surface area contributed by atoms with E-state index in [9.17, 15) is 9.90 Å². The van der Waals surface area contributed by atoms with Gasteiger partial charge in [-0.25, -0.2) is 0 Å². The molecule has 1 amide bonds. The molecule has 1 aliphatic rings. The molecule has 0 unspecified atom stereocenters. The van der Waals surface area contributed by atoms with Gasteiger partial charge in [0.2, 0.25) is 0 Å². The smallest absolute Gasteiger partial charge is 0.253 e. The Morgan fingerprint density at radius 2 is 1.90 bits per heavy atom. The van der Waals surface area contributed by atoms with Crippen LogP contribution in [0.15, 0.2) is 54.6 Å². The van der Waals surface area contributed by atoms with Crippen LogP contribution in [0.5, 0.6) is 5.75 Å². The fourth-order valence-corrected chi connectivity index (χ4v) is 3.62. The monoisotopic (exact) mass is 396 g/mol. The van der Waals surface area contributed by atoms with Crippen molar-refractivity contribution in [3.8, 4) is 5.75 Å². The lowest BCUT2D eigenvalue weighted by molar-refractivity contribution is -0.0434. The van der Waals surface area contributed by atoms with E-state index >= 15 is 0 Å². The molecule has 29 heavy (non-hydrogen) atoms. The van der Waals surface area contributed by atoms with Crippen molar-refractivity contribution in [2.24, 2.45) is 5.92 Å². The quantitative estimate of drug-likeness (QED) is 0.738. The predicted molar refractivity (Wildman–Crippen MR) is 115 cm³/mol. The molecule has 3 rings (SSSR count). The van der Waals surface area contributed by atoms with Gasteiger partial charge in [0.1, 0.15) is 5.75 Å². The van der Waals surface area contributed by atoms with E-state index in [1.165, 1.54) is 0 Å². The number of hydrogen-bond acceptors (Lipinski definition) is 4. The second-order valence-electron chi connectivity index (χ2n) is 8.16. The summed E-state index contributed by atoms with van der Waals surface area (Å²) in [5.41, 5.74) is 1.64. The highest BCUT2D eigenvalue weighted by atomic mass is 16.5. The summed E-state index contributed by atoms with van der Waals surface area (Å²) < 4.78 is 6.00. The Morgan fingerprint density at radius 3 is 2.62 bits per heavy atom. The Kier molecular flexibility index (Phi) is 7.67. The number of aromatic hydroxyl groups is 1. The highest BCUT2D eigenvalue weighted by Crippen LogP contribution is 2.20. The Labute approximate surface area is 173 Å². The molecule has 0 radical (unpaired) electrons. The lowest BCUT2D eigenvalue weighted by atomic mass is 10.1. The first-order chi connectivity index (χ1) is 14.0. The van der Waals surface area contributed by atoms with Crippen LogP contribution in [0, 0.1) is 5.92 Å². The molecule has 0 bridgehead atoms. The van der Waals surface area contributed by atoms with E-state index < -0.39 is 0 Å². The van der Waals surface area contributed by atoms with Crippen molar-refractivity contribution >= 4 is 5.91 Å². The first-order valence-corrected chi connectivity index (χ1v) is 10.5. The topological polar surface area (TPSA) is 53.0 Å². The zero-order valence-corrected chi connectivity index (χ0v) is 17.5. The predicted octanol–water partition coefficient (Wildman–Crippen LogP) is 3.78. The molecule has 2 aromatic rings. The number of benzene rings is 2. The summed E-state index contributed by atoms with van der Waals surface area (Å²) in [7, 11) is 0. The van der Waals surface area contributed by atoms with Crippen molar-refractivity contribution in [1.29, 1.82) is 0 Å². The molecule has 1 aliphatic heterocycles. The highest BCUT2D eigenvalue weighted by Gasteiger charge is 2.26. The molecule has 1 atom stereocenters. The minimum Gasteiger partial charge on any atom is -0.508 e. The van der Waals surface area contributed by atoms with Crippen LogP contribution in [0.1, 0.15) is 36.2 Å². The van der Waals surface area contributed by atoms with Gasteiger partial charge in [0, 0.05) is 43.9 Å². The van der Waals surface area contributed by atoms with Crippen molar-refractivity contribution < 1.29 is 14.6 Å². The van der Waals surface area contributed by atoms with Gasteiger partial charge in [0.15, 0.2) is 0 Å². The van der Waals surface area contributed by atoms with Gasteiger partial charge in [0.05, 0.1) is 12.7 Å². The van der Waals surface area contributed by atoms with E-state index in [1.54, 1.807) is 6.07 Å². The van der Waals surface area contributed by atoms with Gasteiger partial charge in [-0.1, -0.05) is 50.2 Å². The molecule has 1 fully saturated rings. The van der Waals surface area contributed by atoms with Crippen LogP contribution in [0.25, 0.3) is 0 Å². The molecule has 0 spiro atoms. The highest BCUT2D eigenvalue weighted by molar-refractivity contribution is 5.94. The third kappa shape index (κ3) is 6.31. The molecule has 156 valence electrons. The summed E-state index contributed by atoms with van der Waals surface area (Å²) in [5, 5.41) is 10.1. The third-order valence-corrected chi connectivity index (χ3v) is 5.32. The van der Waals surface area contributed by atoms with E-state index in [2.05, 4.69) is 18.7 Å². The van der Waals surface area contributed by atoms with Gasteiger partial charge >= 0.3 is 0 Å². The van der Waals surface area contributed by atoms with E-state index in [-0.39, 0.29) is 12.0 Å². The van der Waals surface area contributed by atoms with Crippen LogP contribution >= 0.6 is 0 Å². The molecule has 0 aliphatic carbocycles. The number of carbonyl (C=O) groups is 1. The SMILES string of the molecule is CC(C)CCN(C[C@H]1CN(Cc2ccccc2O)CCO1)C(=O)c1ccccc1. The van der Waals surface area contributed by atoms with Gasteiger partial charge in [-0.2, -0.15) is 0 Å². The summed E-state index contributed by atoms with van der Waals surface area (Å²) in [4.78, 5) is 17.3. The summed E-state index contributed by atoms with van der Waals surface area (Å²) in [6.45, 7) is 8.55. The average Bonchev–Trinajstić information content (AvgIpc) is 2.73. The molecular formula is C24H32N2O3. The number of carbonyl (C=O) groups excluding carboxylic acids is 1. The maximum Gasteiger partial charge on any atom is 0.253 e. The van der Waals surface area contributed by atoms with Crippen molar-refractivity contribution in [1.82, 2.24) is 9.80 Å². The molecule has 5 heteroatoms. The van der Waals surface area contributed by atoms with Gasteiger partial charge in [-0.3, -0.25) is 9.69 Å². The first-order valence-electron chi connectivity index (χ1n) is 10.5. The van der Waals surface area contributed by atoms with E-state index in [0.717, 1.165) is 37.2 Å². The maximum absolute atomic E-state index is 13.1. The molecule has 0 aromatic heterocycles. The van der Waals surface area contributed by atoms with Gasteiger partial charge in [-0.15, -0.1) is 0 Å². The van der Waals surface area contributed by atoms with Gasteiger partial charge < -0.3 is 14.7 Å². The minimum absolute atomic E-state index is 0.0329. The maximum atomic E-state index is 13.1. The number of phenolic OH excluding ortho intramolecular Hbond substituents is 1. The first kappa shape index (κ1) is 21.3. The summed E-state index contributed by atoms with van der Waals surface area (Å²) in [6.07, 6.45) is 0.932.